The molecule has 0 atom stereocenters. The number of hydrogen-bond donors (Lipinski definition) is 3. The van der Waals surface area contributed by atoms with Crippen molar-refractivity contribution in [3.63, 3.8) is 0 Å². The van der Waals surface area contributed by atoms with E-state index < -0.39 is 10.0 Å². The Balaban J connectivity index is 1.14. The van der Waals surface area contributed by atoms with Gasteiger partial charge in [0.15, 0.2) is 16.3 Å². The van der Waals surface area contributed by atoms with E-state index in [2.05, 4.69) is 30.3 Å². The first-order valence-corrected chi connectivity index (χ1v) is 16.3. The fourth-order valence-corrected chi connectivity index (χ4v) is 7.37. The molecule has 3 N–H and O–H groups in total. The second-order valence-corrected chi connectivity index (χ2v) is 13.2. The lowest BCUT2D eigenvalue weighted by atomic mass is 9.88. The van der Waals surface area contributed by atoms with E-state index in [1.54, 1.807) is 24.3 Å². The molecule has 1 aliphatic carbocycles. The highest BCUT2D eigenvalue weighted by Crippen LogP contribution is 2.43. The molecule has 44 heavy (non-hydrogen) atoms. The van der Waals surface area contributed by atoms with Gasteiger partial charge < -0.3 is 28.8 Å². The number of hydrogen-bond acceptors (Lipinski definition) is 11. The number of nitrogens with one attached hydrogen (secondary N) is 3. The molecule has 234 valence electrons. The van der Waals surface area contributed by atoms with Gasteiger partial charge in [0.25, 0.3) is 10.0 Å². The number of methoxy groups -OCH3 is 3. The summed E-state index contributed by atoms with van der Waals surface area (Å²) < 4.78 is 58.0. The number of aromatic nitrogens is 3. The Morgan fingerprint density at radius 1 is 0.909 bits per heavy atom. The summed E-state index contributed by atoms with van der Waals surface area (Å²) in [5.41, 5.74) is 2.98. The number of nitrogens with zero attached hydrogens (tertiary/aromatic N) is 3. The van der Waals surface area contributed by atoms with Crippen molar-refractivity contribution in [1.29, 1.82) is 0 Å². The molecule has 0 amide bonds. The zero-order chi connectivity index (χ0) is 30.4. The lowest BCUT2D eigenvalue weighted by Crippen LogP contribution is -2.51. The van der Waals surface area contributed by atoms with E-state index in [1.165, 1.54) is 21.3 Å². The van der Waals surface area contributed by atoms with Crippen LogP contribution in [-0.4, -0.2) is 82.3 Å². The van der Waals surface area contributed by atoms with Crippen LogP contribution in [0.3, 0.4) is 0 Å². The first kappa shape index (κ1) is 28.7. The van der Waals surface area contributed by atoms with Crippen molar-refractivity contribution in [2.75, 3.05) is 57.7 Å². The first-order valence-electron chi connectivity index (χ1n) is 14.8. The van der Waals surface area contributed by atoms with Crippen molar-refractivity contribution < 1.29 is 31.9 Å². The fraction of sp³-hybridized carbons (Fsp3) is 0.467. The Bertz CT molecular complexity index is 1750. The van der Waals surface area contributed by atoms with Crippen LogP contribution in [0.2, 0.25) is 0 Å². The molecule has 2 saturated heterocycles. The van der Waals surface area contributed by atoms with Crippen molar-refractivity contribution in [1.82, 2.24) is 20.3 Å². The van der Waals surface area contributed by atoms with Crippen LogP contribution < -0.4 is 24.2 Å². The van der Waals surface area contributed by atoms with E-state index in [9.17, 15) is 8.42 Å². The van der Waals surface area contributed by atoms with Gasteiger partial charge in [-0.25, -0.2) is 8.42 Å². The minimum Gasteiger partial charge on any atom is -0.495 e. The average Bonchev–Trinajstić information content (AvgIpc) is 3.64. The predicted octanol–water partition coefficient (Wildman–Crippen LogP) is 4.58. The zero-order valence-electron chi connectivity index (χ0n) is 24.9. The Hall–Kier alpha value is -4.01. The molecular weight excluding hydrogens is 588 g/mol. The normalized spacial score (nSPS) is 18.2. The highest BCUT2D eigenvalue weighted by molar-refractivity contribution is 7.93. The van der Waals surface area contributed by atoms with E-state index in [-0.39, 0.29) is 28.1 Å². The number of rotatable bonds is 11. The van der Waals surface area contributed by atoms with Gasteiger partial charge in [-0.05, 0) is 68.5 Å². The van der Waals surface area contributed by atoms with Gasteiger partial charge in [0.1, 0.15) is 23.1 Å². The maximum absolute atomic E-state index is 13.8. The Morgan fingerprint density at radius 3 is 2.23 bits per heavy atom. The predicted molar refractivity (Wildman–Crippen MR) is 163 cm³/mol. The van der Waals surface area contributed by atoms with Crippen molar-refractivity contribution in [2.24, 2.45) is 0 Å². The van der Waals surface area contributed by atoms with Crippen LogP contribution in [0.5, 0.6) is 17.2 Å². The van der Waals surface area contributed by atoms with Crippen molar-refractivity contribution in [3.8, 4) is 17.2 Å². The molecule has 0 unspecified atom stereocenters. The summed E-state index contributed by atoms with van der Waals surface area (Å²) in [6.45, 7) is 3.52. The second kappa shape index (κ2) is 11.5. The van der Waals surface area contributed by atoms with Crippen molar-refractivity contribution in [3.05, 3.63) is 41.6 Å². The molecule has 2 aromatic carbocycles. The van der Waals surface area contributed by atoms with Crippen LogP contribution in [-0.2, 0) is 14.8 Å². The topological polar surface area (TPSA) is 153 Å². The van der Waals surface area contributed by atoms with Gasteiger partial charge in [-0.3, -0.25) is 14.7 Å². The Morgan fingerprint density at radius 2 is 1.61 bits per heavy atom. The van der Waals surface area contributed by atoms with E-state index in [4.69, 9.17) is 23.5 Å². The smallest absolute Gasteiger partial charge is 0.270 e. The average molecular weight is 625 g/mol. The summed E-state index contributed by atoms with van der Waals surface area (Å²) in [5.74, 6) is 2.37. The van der Waals surface area contributed by atoms with Gasteiger partial charge in [0.05, 0.1) is 57.4 Å². The summed E-state index contributed by atoms with van der Waals surface area (Å²) in [7, 11) is 0.228. The standard InChI is InChI=1S/C30H36N6O7S/c1-39-25-12-21-24(13-23(25)31-28-14-22(32-33-28)18-4-5-18)43-34-30(21)35-44(37,38)29-26(40-2)10-19(11-27(29)41-3)17-6-8-36(9-7-17)20-15-42-16-20/h10-14,17-18,20H,4-9,15-16H2,1-3H3,(H,34,35)(H2,31,32,33). The molecule has 0 spiro atoms. The minimum absolute atomic E-state index is 0.0166. The third-order valence-electron chi connectivity index (χ3n) is 8.78. The third-order valence-corrected chi connectivity index (χ3v) is 10.2. The molecular formula is C30H36N6O7S. The molecule has 3 fully saturated rings. The van der Waals surface area contributed by atoms with E-state index >= 15 is 0 Å². The first-order chi connectivity index (χ1) is 21.4. The van der Waals surface area contributed by atoms with E-state index in [0.29, 0.717) is 40.2 Å². The van der Waals surface area contributed by atoms with Gasteiger partial charge in [0, 0.05) is 18.1 Å². The fourth-order valence-electron chi connectivity index (χ4n) is 6.05. The number of piperidine rings is 1. The van der Waals surface area contributed by atoms with Crippen LogP contribution in [0.15, 0.2) is 39.8 Å². The lowest BCUT2D eigenvalue weighted by Gasteiger charge is -2.41. The van der Waals surface area contributed by atoms with Crippen LogP contribution >= 0.6 is 0 Å². The van der Waals surface area contributed by atoms with Crippen LogP contribution in [0.25, 0.3) is 11.0 Å². The quantitative estimate of drug-likeness (QED) is 0.215. The molecule has 4 heterocycles. The molecule has 0 bridgehead atoms. The molecule has 0 radical (unpaired) electrons. The zero-order valence-corrected chi connectivity index (χ0v) is 25.7. The molecule has 1 saturated carbocycles. The molecule has 13 nitrogen and oxygen atoms in total. The largest absolute Gasteiger partial charge is 0.495 e. The maximum Gasteiger partial charge on any atom is 0.270 e. The second-order valence-electron chi connectivity index (χ2n) is 11.5. The number of benzene rings is 2. The lowest BCUT2D eigenvalue weighted by molar-refractivity contribution is -0.0712. The van der Waals surface area contributed by atoms with Crippen molar-refractivity contribution >= 4 is 38.3 Å². The summed E-state index contributed by atoms with van der Waals surface area (Å²) in [5, 5.41) is 15.1. The SMILES string of the molecule is COc1cc2c(NS(=O)(=O)c3c(OC)cc(C4CCN(C5COC5)CC4)cc3OC)noc2cc1Nc1cc(C2CC2)n[nH]1. The van der Waals surface area contributed by atoms with E-state index in [1.807, 2.05) is 6.07 Å². The number of sulfonamides is 1. The van der Waals surface area contributed by atoms with E-state index in [0.717, 1.165) is 63.2 Å². The molecule has 2 aromatic heterocycles. The van der Waals surface area contributed by atoms with Crippen molar-refractivity contribution in [2.45, 2.75) is 48.5 Å². The number of H-pyrrole nitrogens is 1. The number of fused-ring (bicyclic) bond motifs is 1. The molecule has 2 aliphatic heterocycles. The van der Waals surface area contributed by atoms with Crippen LogP contribution in [0.1, 0.15) is 48.8 Å². The maximum atomic E-state index is 13.8. The summed E-state index contributed by atoms with van der Waals surface area (Å²) >= 11 is 0. The Labute approximate surface area is 255 Å². The summed E-state index contributed by atoms with van der Waals surface area (Å²) in [6, 6.07) is 9.46. The molecule has 3 aliphatic rings. The minimum atomic E-state index is -4.22. The highest BCUT2D eigenvalue weighted by atomic mass is 32.2. The molecule has 14 heteroatoms. The molecule has 7 rings (SSSR count). The van der Waals surface area contributed by atoms with Gasteiger partial charge in [-0.1, -0.05) is 5.16 Å². The molecule has 4 aromatic rings. The summed E-state index contributed by atoms with van der Waals surface area (Å²) in [4.78, 5) is 2.36. The van der Waals surface area contributed by atoms with Crippen LogP contribution in [0.4, 0.5) is 17.3 Å². The number of likely N-dealkylation sites (tertiary alicyclic amines) is 1. The number of aromatic amines is 1. The number of anilines is 3. The highest BCUT2D eigenvalue weighted by Gasteiger charge is 2.33. The summed E-state index contributed by atoms with van der Waals surface area (Å²) in [6.07, 6.45) is 4.21. The van der Waals surface area contributed by atoms with Gasteiger partial charge >= 0.3 is 0 Å². The van der Waals surface area contributed by atoms with Gasteiger partial charge in [-0.15, -0.1) is 0 Å². The van der Waals surface area contributed by atoms with Crippen LogP contribution in [0, 0.1) is 0 Å². The van der Waals surface area contributed by atoms with Gasteiger partial charge in [0.2, 0.25) is 0 Å². The monoisotopic (exact) mass is 624 g/mol. The Kier molecular flexibility index (Phi) is 7.50. The number of ether oxygens (including phenoxy) is 4. The van der Waals surface area contributed by atoms with Gasteiger partial charge in [-0.2, -0.15) is 5.10 Å². The third kappa shape index (κ3) is 5.41.